The highest BCUT2D eigenvalue weighted by atomic mass is 35.5. The van der Waals surface area contributed by atoms with Crippen LogP contribution in [0.15, 0.2) is 41.5 Å². The Labute approximate surface area is 151 Å². The molecule has 6 nitrogen and oxygen atoms in total. The smallest absolute Gasteiger partial charge is 0.277 e. The van der Waals surface area contributed by atoms with Crippen molar-refractivity contribution in [1.82, 2.24) is 5.43 Å². The molecule has 0 saturated carbocycles. The minimum atomic E-state index is -0.371. The van der Waals surface area contributed by atoms with Crippen LogP contribution >= 0.6 is 11.6 Å². The van der Waals surface area contributed by atoms with Crippen LogP contribution < -0.4 is 19.6 Å². The monoisotopic (exact) mass is 362 g/mol. The molecule has 0 aliphatic rings. The average Bonchev–Trinajstić information content (AvgIpc) is 2.62. The number of hydrogen-bond acceptors (Lipinski definition) is 5. The first-order valence-corrected chi connectivity index (χ1v) is 7.84. The van der Waals surface area contributed by atoms with Crippen LogP contribution in [0.3, 0.4) is 0 Å². The molecule has 0 heterocycles. The fourth-order valence-corrected chi connectivity index (χ4v) is 2.15. The lowest BCUT2D eigenvalue weighted by Gasteiger charge is -2.10. The van der Waals surface area contributed by atoms with Gasteiger partial charge in [0.15, 0.2) is 18.1 Å². The molecular weight excluding hydrogens is 344 g/mol. The Balaban J connectivity index is 1.91. The summed E-state index contributed by atoms with van der Waals surface area (Å²) in [7, 11) is 3.13. The number of ether oxygens (including phenoxy) is 3. The molecule has 2 aromatic carbocycles. The summed E-state index contributed by atoms with van der Waals surface area (Å²) in [4.78, 5) is 11.8. The second kappa shape index (κ2) is 8.94. The summed E-state index contributed by atoms with van der Waals surface area (Å²) < 4.78 is 15.8. The van der Waals surface area contributed by atoms with Crippen molar-refractivity contribution >= 4 is 23.7 Å². The molecule has 0 saturated heterocycles. The molecule has 1 N–H and O–H groups in total. The van der Waals surface area contributed by atoms with Crippen LogP contribution in [0.25, 0.3) is 0 Å². The van der Waals surface area contributed by atoms with E-state index in [1.165, 1.54) is 6.21 Å². The first-order chi connectivity index (χ1) is 12.0. The molecule has 0 spiro atoms. The van der Waals surface area contributed by atoms with Crippen LogP contribution in [0.1, 0.15) is 11.1 Å². The van der Waals surface area contributed by atoms with E-state index in [9.17, 15) is 4.79 Å². The Morgan fingerprint density at radius 2 is 1.80 bits per heavy atom. The Bertz CT molecular complexity index is 760. The molecule has 25 heavy (non-hydrogen) atoms. The van der Waals surface area contributed by atoms with Crippen molar-refractivity contribution in [3.05, 3.63) is 52.5 Å². The fourth-order valence-electron chi connectivity index (χ4n) is 2.02. The van der Waals surface area contributed by atoms with Crippen molar-refractivity contribution in [2.24, 2.45) is 5.10 Å². The average molecular weight is 363 g/mol. The molecule has 2 aromatic rings. The van der Waals surface area contributed by atoms with E-state index in [0.717, 1.165) is 11.1 Å². The van der Waals surface area contributed by atoms with Crippen LogP contribution in [0.2, 0.25) is 5.02 Å². The largest absolute Gasteiger partial charge is 0.493 e. The Kier molecular flexibility index (Phi) is 6.65. The molecule has 0 atom stereocenters. The zero-order valence-electron chi connectivity index (χ0n) is 14.2. The Morgan fingerprint density at radius 1 is 1.16 bits per heavy atom. The molecule has 0 aliphatic heterocycles. The number of nitrogens with one attached hydrogen (secondary N) is 1. The molecule has 0 fully saturated rings. The molecule has 2 rings (SSSR count). The zero-order chi connectivity index (χ0) is 18.2. The summed E-state index contributed by atoms with van der Waals surface area (Å²) in [5.74, 6) is 1.41. The first kappa shape index (κ1) is 18.6. The lowest BCUT2D eigenvalue weighted by Crippen LogP contribution is -2.24. The van der Waals surface area contributed by atoms with E-state index in [1.54, 1.807) is 44.6 Å². The minimum Gasteiger partial charge on any atom is -0.493 e. The standard InChI is InChI=1S/C18H19ClN2O4/c1-12-8-16(23-2)17(24-3)9-13(12)10-20-21-18(22)11-25-15-6-4-14(19)5-7-15/h4-10H,11H2,1-3H3,(H,21,22)/b20-10-. The maximum atomic E-state index is 11.8. The van der Waals surface area contributed by atoms with E-state index in [2.05, 4.69) is 10.5 Å². The summed E-state index contributed by atoms with van der Waals surface area (Å²) in [6, 6.07) is 10.4. The molecule has 0 aliphatic carbocycles. The van der Waals surface area contributed by atoms with Crippen LogP contribution in [-0.2, 0) is 4.79 Å². The highest BCUT2D eigenvalue weighted by Crippen LogP contribution is 2.29. The fraction of sp³-hybridized carbons (Fsp3) is 0.222. The molecular formula is C18H19ClN2O4. The summed E-state index contributed by atoms with van der Waals surface area (Å²) in [5, 5.41) is 4.54. The zero-order valence-corrected chi connectivity index (χ0v) is 15.0. The highest BCUT2D eigenvalue weighted by Gasteiger charge is 2.07. The molecule has 0 aromatic heterocycles. The second-order valence-electron chi connectivity index (χ2n) is 5.10. The van der Waals surface area contributed by atoms with E-state index >= 15 is 0 Å². The van der Waals surface area contributed by atoms with Crippen LogP contribution in [0.4, 0.5) is 0 Å². The van der Waals surface area contributed by atoms with Crippen molar-refractivity contribution in [2.45, 2.75) is 6.92 Å². The number of amides is 1. The van der Waals surface area contributed by atoms with E-state index < -0.39 is 0 Å². The van der Waals surface area contributed by atoms with Crippen molar-refractivity contribution in [1.29, 1.82) is 0 Å². The van der Waals surface area contributed by atoms with Crippen molar-refractivity contribution in [2.75, 3.05) is 20.8 Å². The number of rotatable bonds is 7. The Hall–Kier alpha value is -2.73. The number of hydrazone groups is 1. The number of methoxy groups -OCH3 is 2. The molecule has 0 bridgehead atoms. The molecule has 132 valence electrons. The number of carbonyl (C=O) groups is 1. The maximum Gasteiger partial charge on any atom is 0.277 e. The van der Waals surface area contributed by atoms with Gasteiger partial charge in [-0.15, -0.1) is 0 Å². The van der Waals surface area contributed by atoms with Gasteiger partial charge in [-0.05, 0) is 48.9 Å². The van der Waals surface area contributed by atoms with Crippen molar-refractivity contribution in [3.8, 4) is 17.2 Å². The van der Waals surface area contributed by atoms with Gasteiger partial charge in [0.05, 0.1) is 20.4 Å². The van der Waals surface area contributed by atoms with Crippen LogP contribution in [0.5, 0.6) is 17.2 Å². The minimum absolute atomic E-state index is 0.149. The number of halogens is 1. The van der Waals surface area contributed by atoms with Gasteiger partial charge in [0.25, 0.3) is 5.91 Å². The number of hydrogen-bond donors (Lipinski definition) is 1. The first-order valence-electron chi connectivity index (χ1n) is 7.46. The van der Waals surface area contributed by atoms with Gasteiger partial charge < -0.3 is 14.2 Å². The third-order valence-corrected chi connectivity index (χ3v) is 3.60. The lowest BCUT2D eigenvalue weighted by atomic mass is 10.1. The number of carbonyl (C=O) groups excluding carboxylic acids is 1. The Morgan fingerprint density at radius 3 is 2.44 bits per heavy atom. The van der Waals surface area contributed by atoms with E-state index in [0.29, 0.717) is 22.3 Å². The second-order valence-corrected chi connectivity index (χ2v) is 5.54. The molecule has 0 unspecified atom stereocenters. The summed E-state index contributed by atoms with van der Waals surface area (Å²) in [6.45, 7) is 1.76. The van der Waals surface area contributed by atoms with Gasteiger partial charge in [0, 0.05) is 10.6 Å². The predicted molar refractivity (Wildman–Crippen MR) is 97.0 cm³/mol. The third-order valence-electron chi connectivity index (χ3n) is 3.35. The summed E-state index contributed by atoms with van der Waals surface area (Å²) in [6.07, 6.45) is 1.54. The van der Waals surface area contributed by atoms with Gasteiger partial charge in [-0.3, -0.25) is 4.79 Å². The normalized spacial score (nSPS) is 10.6. The van der Waals surface area contributed by atoms with Gasteiger partial charge in [-0.25, -0.2) is 5.43 Å². The quantitative estimate of drug-likeness (QED) is 0.606. The number of nitrogens with zero attached hydrogens (tertiary/aromatic N) is 1. The highest BCUT2D eigenvalue weighted by molar-refractivity contribution is 6.30. The van der Waals surface area contributed by atoms with Crippen LogP contribution in [0, 0.1) is 6.92 Å². The van der Waals surface area contributed by atoms with E-state index in [-0.39, 0.29) is 12.5 Å². The summed E-state index contributed by atoms with van der Waals surface area (Å²) in [5.41, 5.74) is 4.15. The van der Waals surface area contributed by atoms with E-state index in [1.807, 2.05) is 13.0 Å². The van der Waals surface area contributed by atoms with Crippen molar-refractivity contribution < 1.29 is 19.0 Å². The number of aryl methyl sites for hydroxylation is 1. The van der Waals surface area contributed by atoms with Gasteiger partial charge >= 0.3 is 0 Å². The lowest BCUT2D eigenvalue weighted by molar-refractivity contribution is -0.123. The van der Waals surface area contributed by atoms with Gasteiger partial charge in [0.1, 0.15) is 5.75 Å². The number of benzene rings is 2. The van der Waals surface area contributed by atoms with E-state index in [4.69, 9.17) is 25.8 Å². The SMILES string of the molecule is COc1cc(C)c(/C=N\NC(=O)COc2ccc(Cl)cc2)cc1OC. The molecule has 7 heteroatoms. The summed E-state index contributed by atoms with van der Waals surface area (Å²) >= 11 is 5.78. The molecule has 0 radical (unpaired) electrons. The third kappa shape index (κ3) is 5.39. The molecule has 1 amide bonds. The van der Waals surface area contributed by atoms with Gasteiger partial charge in [0.2, 0.25) is 0 Å². The van der Waals surface area contributed by atoms with Crippen molar-refractivity contribution in [3.63, 3.8) is 0 Å². The topological polar surface area (TPSA) is 69.2 Å². The van der Waals surface area contributed by atoms with Gasteiger partial charge in [-0.2, -0.15) is 5.10 Å². The maximum absolute atomic E-state index is 11.8. The van der Waals surface area contributed by atoms with Crippen LogP contribution in [-0.4, -0.2) is 32.9 Å². The van der Waals surface area contributed by atoms with Gasteiger partial charge in [-0.1, -0.05) is 11.6 Å². The predicted octanol–water partition coefficient (Wildman–Crippen LogP) is 3.19.